The summed E-state index contributed by atoms with van der Waals surface area (Å²) in [5.41, 5.74) is 13.0. The molecule has 9 rings (SSSR count). The average Bonchev–Trinajstić information content (AvgIpc) is 3.18. The van der Waals surface area contributed by atoms with Crippen LogP contribution in [0.2, 0.25) is 0 Å². The van der Waals surface area contributed by atoms with Crippen LogP contribution in [0.4, 0.5) is 11.4 Å². The molecule has 3 aliphatic heterocycles. The molecule has 0 aliphatic carbocycles. The van der Waals surface area contributed by atoms with Gasteiger partial charge in [0.1, 0.15) is 0 Å². The molecule has 0 fully saturated rings. The zero-order valence-electron chi connectivity index (χ0n) is 28.1. The summed E-state index contributed by atoms with van der Waals surface area (Å²) < 4.78 is 0. The van der Waals surface area contributed by atoms with E-state index in [9.17, 15) is 0 Å². The molecule has 0 spiro atoms. The summed E-state index contributed by atoms with van der Waals surface area (Å²) in [5.74, 6) is 0. The van der Waals surface area contributed by atoms with Gasteiger partial charge in [0.15, 0.2) is 0 Å². The van der Waals surface area contributed by atoms with E-state index in [2.05, 4.69) is 187 Å². The summed E-state index contributed by atoms with van der Waals surface area (Å²) in [6.07, 6.45) is 14.0. The van der Waals surface area contributed by atoms with Gasteiger partial charge in [-0.1, -0.05) is 151 Å². The first-order valence-electron chi connectivity index (χ1n) is 17.4. The lowest BCUT2D eigenvalue weighted by molar-refractivity contribution is 0.554. The second-order valence-electron chi connectivity index (χ2n) is 12.9. The smallest absolute Gasteiger partial charge is 0.0612 e. The molecule has 4 heteroatoms. The van der Waals surface area contributed by atoms with Gasteiger partial charge in [0, 0.05) is 60.7 Å². The van der Waals surface area contributed by atoms with Gasteiger partial charge in [0.25, 0.3) is 0 Å². The molecular formula is C47H36N2S2. The number of hydrogen-bond donors (Lipinski definition) is 1. The fourth-order valence-corrected chi connectivity index (χ4v) is 9.66. The summed E-state index contributed by atoms with van der Waals surface area (Å²) >= 11 is 3.74. The number of rotatable bonds is 3. The number of benzene rings is 6. The van der Waals surface area contributed by atoms with Gasteiger partial charge in [-0.15, -0.1) is 0 Å². The third-order valence-electron chi connectivity index (χ3n) is 9.82. The molecule has 51 heavy (non-hydrogen) atoms. The average molecular weight is 693 g/mol. The number of para-hydroxylation sites is 2. The topological polar surface area (TPSA) is 15.3 Å². The van der Waals surface area contributed by atoms with Gasteiger partial charge >= 0.3 is 0 Å². The zero-order chi connectivity index (χ0) is 34.1. The molecule has 1 unspecified atom stereocenters. The Morgan fingerprint density at radius 3 is 2.08 bits per heavy atom. The van der Waals surface area contributed by atoms with Crippen LogP contribution in [-0.4, -0.2) is 6.54 Å². The van der Waals surface area contributed by atoms with E-state index < -0.39 is 0 Å². The lowest BCUT2D eigenvalue weighted by atomic mass is 9.89. The lowest BCUT2D eigenvalue weighted by Gasteiger charge is -2.29. The highest BCUT2D eigenvalue weighted by atomic mass is 32.2. The molecule has 0 saturated carbocycles. The summed E-state index contributed by atoms with van der Waals surface area (Å²) in [5, 5.41) is 3.71. The quantitative estimate of drug-likeness (QED) is 0.185. The molecule has 2 nitrogen and oxygen atoms in total. The Hall–Kier alpha value is -5.26. The number of allylic oxidation sites excluding steroid dienone is 4. The summed E-state index contributed by atoms with van der Waals surface area (Å²) in [7, 11) is 0. The maximum Gasteiger partial charge on any atom is 0.0612 e. The predicted molar refractivity (Wildman–Crippen MR) is 218 cm³/mol. The third kappa shape index (κ3) is 6.00. The Balaban J connectivity index is 1.31. The predicted octanol–water partition coefficient (Wildman–Crippen LogP) is 13.1. The van der Waals surface area contributed by atoms with Gasteiger partial charge in [-0.05, 0) is 82.3 Å². The van der Waals surface area contributed by atoms with Crippen molar-refractivity contribution < 1.29 is 0 Å². The summed E-state index contributed by atoms with van der Waals surface area (Å²) in [4.78, 5) is 7.32. The Kier molecular flexibility index (Phi) is 8.58. The molecule has 0 aromatic heterocycles. The largest absolute Gasteiger partial charge is 0.316 e. The van der Waals surface area contributed by atoms with Gasteiger partial charge in [-0.25, -0.2) is 0 Å². The minimum Gasteiger partial charge on any atom is -0.316 e. The number of nitrogens with one attached hydrogen (secondary N) is 1. The molecular weight excluding hydrogens is 657 g/mol. The number of anilines is 2. The fraction of sp³-hybridized carbons (Fsp3) is 0.0638. The molecule has 246 valence electrons. The van der Waals surface area contributed by atoms with Crippen molar-refractivity contribution in [3.05, 3.63) is 188 Å². The van der Waals surface area contributed by atoms with Gasteiger partial charge < -0.3 is 10.2 Å². The van der Waals surface area contributed by atoms with Gasteiger partial charge in [-0.3, -0.25) is 0 Å². The van der Waals surface area contributed by atoms with E-state index in [1.807, 2.05) is 23.5 Å². The molecule has 1 atom stereocenters. The van der Waals surface area contributed by atoms with Crippen molar-refractivity contribution in [1.82, 2.24) is 5.32 Å². The number of hydrogen-bond acceptors (Lipinski definition) is 4. The standard InChI is InChI=1S/C47H36N2S2/c1-32-15-10-12-30-49(34-16-3-2-4-17-34)47-35(32)20-13-22-39(47)38-21-14-26-44-46(38)40-19-6-8-25-43(40)50-42-24-7-5-18-36(42)37-28-27-33(31-45(37)51-44)41-23-9-11-29-48-41/h2-22,24-28,30-31,41,48H,1,23,29H2/b15-10-,30-12-. The van der Waals surface area contributed by atoms with Crippen LogP contribution in [0.5, 0.6) is 0 Å². The van der Waals surface area contributed by atoms with E-state index in [4.69, 9.17) is 0 Å². The highest BCUT2D eigenvalue weighted by molar-refractivity contribution is 8.00. The Morgan fingerprint density at radius 1 is 0.569 bits per heavy atom. The molecule has 0 saturated heterocycles. The zero-order valence-corrected chi connectivity index (χ0v) is 29.8. The van der Waals surface area contributed by atoms with Gasteiger partial charge in [-0.2, -0.15) is 0 Å². The van der Waals surface area contributed by atoms with E-state index in [1.54, 1.807) is 0 Å². The Labute approximate surface area is 309 Å². The second-order valence-corrected chi connectivity index (χ2v) is 15.1. The van der Waals surface area contributed by atoms with Crippen LogP contribution < -0.4 is 10.2 Å². The van der Waals surface area contributed by atoms with Crippen LogP contribution in [0, 0.1) is 0 Å². The molecule has 3 heterocycles. The molecule has 0 bridgehead atoms. The van der Waals surface area contributed by atoms with E-state index in [0.29, 0.717) is 6.04 Å². The van der Waals surface area contributed by atoms with E-state index in [0.717, 1.165) is 35.5 Å². The molecule has 6 aromatic carbocycles. The van der Waals surface area contributed by atoms with E-state index in [-0.39, 0.29) is 0 Å². The monoisotopic (exact) mass is 692 g/mol. The van der Waals surface area contributed by atoms with Crippen LogP contribution in [0.15, 0.2) is 196 Å². The van der Waals surface area contributed by atoms with Crippen LogP contribution in [0.25, 0.3) is 39.0 Å². The highest BCUT2D eigenvalue weighted by Gasteiger charge is 2.26. The highest BCUT2D eigenvalue weighted by Crippen LogP contribution is 2.53. The second kappa shape index (κ2) is 13.8. The molecule has 6 aromatic rings. The summed E-state index contributed by atoms with van der Waals surface area (Å²) in [6, 6.07) is 49.3. The fourth-order valence-electron chi connectivity index (χ4n) is 7.38. The number of nitrogens with zero attached hydrogens (tertiary/aromatic N) is 1. The van der Waals surface area contributed by atoms with Gasteiger partial charge in [0.2, 0.25) is 0 Å². The van der Waals surface area contributed by atoms with Crippen molar-refractivity contribution in [2.75, 3.05) is 11.4 Å². The van der Waals surface area contributed by atoms with E-state index in [1.165, 1.54) is 58.5 Å². The van der Waals surface area contributed by atoms with Crippen LogP contribution in [-0.2, 0) is 0 Å². The molecule has 1 N–H and O–H groups in total. The maximum atomic E-state index is 4.52. The number of fused-ring (bicyclic) bond motifs is 7. The molecule has 3 aliphatic rings. The summed E-state index contributed by atoms with van der Waals surface area (Å²) in [6.45, 7) is 5.42. The first kappa shape index (κ1) is 31.7. The van der Waals surface area contributed by atoms with Crippen molar-refractivity contribution in [1.29, 1.82) is 0 Å². The van der Waals surface area contributed by atoms with Crippen molar-refractivity contribution in [3.8, 4) is 33.4 Å². The SMILES string of the molecule is C=C1/C=C\C=C/N(c2ccccc2)c2c1cccc2-c1cccc2c1-c1ccccc1Sc1ccccc1-c1ccc(C3CC=CCN3)cc1S2. The molecule has 0 radical (unpaired) electrons. The maximum absolute atomic E-state index is 4.52. The van der Waals surface area contributed by atoms with Crippen molar-refractivity contribution in [2.45, 2.75) is 32.0 Å². The van der Waals surface area contributed by atoms with Crippen LogP contribution in [0.3, 0.4) is 0 Å². The minimum absolute atomic E-state index is 0.301. The van der Waals surface area contributed by atoms with Gasteiger partial charge in [0.05, 0.1) is 5.69 Å². The van der Waals surface area contributed by atoms with Crippen molar-refractivity contribution >= 4 is 40.5 Å². The lowest BCUT2D eigenvalue weighted by Crippen LogP contribution is -2.23. The third-order valence-corrected chi connectivity index (χ3v) is 12.1. The Morgan fingerprint density at radius 2 is 1.24 bits per heavy atom. The van der Waals surface area contributed by atoms with E-state index >= 15 is 0 Å². The van der Waals surface area contributed by atoms with Crippen LogP contribution >= 0.6 is 23.5 Å². The normalized spacial score (nSPS) is 17.5. The van der Waals surface area contributed by atoms with Crippen molar-refractivity contribution in [3.63, 3.8) is 0 Å². The Bertz CT molecular complexity index is 2390. The first-order chi connectivity index (χ1) is 25.2. The van der Waals surface area contributed by atoms with Crippen molar-refractivity contribution in [2.24, 2.45) is 0 Å². The molecule has 0 amide bonds. The van der Waals surface area contributed by atoms with Crippen LogP contribution in [0.1, 0.15) is 23.6 Å². The first-order valence-corrected chi connectivity index (χ1v) is 19.1. The minimum atomic E-state index is 0.301.